The minimum atomic E-state index is 0.238. The van der Waals surface area contributed by atoms with Crippen molar-refractivity contribution in [1.82, 2.24) is 9.88 Å². The summed E-state index contributed by atoms with van der Waals surface area (Å²) in [5, 5.41) is 3.27. The van der Waals surface area contributed by atoms with Crippen LogP contribution in [0.3, 0.4) is 0 Å². The molecule has 1 aromatic heterocycles. The van der Waals surface area contributed by atoms with E-state index in [4.69, 9.17) is 11.6 Å². The van der Waals surface area contributed by atoms with Crippen molar-refractivity contribution in [3.8, 4) is 0 Å². The van der Waals surface area contributed by atoms with Crippen molar-refractivity contribution >= 4 is 28.8 Å². The van der Waals surface area contributed by atoms with Crippen LogP contribution in [0.4, 0.5) is 0 Å². The Hall–Kier alpha value is -0.610. The zero-order valence-electron chi connectivity index (χ0n) is 9.99. The van der Waals surface area contributed by atoms with Gasteiger partial charge in [0.1, 0.15) is 0 Å². The number of alkyl halides is 1. The number of nitrogens with zero attached hydrogens (tertiary/aromatic N) is 2. The topological polar surface area (TPSA) is 33.2 Å². The van der Waals surface area contributed by atoms with Gasteiger partial charge in [-0.15, -0.1) is 22.9 Å². The molecule has 1 amide bonds. The average Bonchev–Trinajstić information content (AvgIpc) is 2.93. The number of halogens is 1. The molecule has 1 unspecified atom stereocenters. The van der Waals surface area contributed by atoms with Crippen LogP contribution in [-0.4, -0.2) is 34.8 Å². The molecule has 1 fully saturated rings. The summed E-state index contributed by atoms with van der Waals surface area (Å²) >= 11 is 7.49. The summed E-state index contributed by atoms with van der Waals surface area (Å²) in [6.45, 7) is 3.70. The van der Waals surface area contributed by atoms with E-state index in [-0.39, 0.29) is 5.91 Å². The fraction of sp³-hybridized carbons (Fsp3) is 0.667. The van der Waals surface area contributed by atoms with Crippen LogP contribution in [0.15, 0.2) is 5.38 Å². The molecule has 0 aromatic carbocycles. The minimum Gasteiger partial charge on any atom is -0.342 e. The molecule has 94 valence electrons. The van der Waals surface area contributed by atoms with Gasteiger partial charge in [-0.25, -0.2) is 4.98 Å². The highest BCUT2D eigenvalue weighted by Crippen LogP contribution is 2.19. The predicted molar refractivity (Wildman–Crippen MR) is 70.6 cm³/mol. The maximum Gasteiger partial charge on any atom is 0.222 e. The van der Waals surface area contributed by atoms with Crippen molar-refractivity contribution in [3.63, 3.8) is 0 Å². The molecular weight excluding hydrogens is 256 g/mol. The summed E-state index contributed by atoms with van der Waals surface area (Å²) in [4.78, 5) is 18.1. The third-order valence-corrected chi connectivity index (χ3v) is 4.53. The molecule has 1 aliphatic rings. The number of likely N-dealkylation sites (tertiary alicyclic amines) is 1. The Morgan fingerprint density at radius 1 is 1.65 bits per heavy atom. The number of hydrogen-bond acceptors (Lipinski definition) is 3. The molecule has 2 heterocycles. The first-order chi connectivity index (χ1) is 8.22. The lowest BCUT2D eigenvalue weighted by Gasteiger charge is -2.15. The van der Waals surface area contributed by atoms with E-state index in [1.54, 1.807) is 11.3 Å². The van der Waals surface area contributed by atoms with E-state index in [1.807, 2.05) is 4.90 Å². The van der Waals surface area contributed by atoms with Crippen LogP contribution in [0.1, 0.15) is 24.0 Å². The Morgan fingerprint density at radius 3 is 3.06 bits per heavy atom. The van der Waals surface area contributed by atoms with Gasteiger partial charge in [0.25, 0.3) is 0 Å². The first-order valence-corrected chi connectivity index (χ1v) is 7.41. The largest absolute Gasteiger partial charge is 0.342 e. The molecule has 1 aromatic rings. The van der Waals surface area contributed by atoms with Crippen molar-refractivity contribution in [3.05, 3.63) is 16.1 Å². The van der Waals surface area contributed by atoms with Gasteiger partial charge in [0.05, 0.1) is 10.7 Å². The lowest BCUT2D eigenvalue weighted by Crippen LogP contribution is -2.27. The molecule has 17 heavy (non-hydrogen) atoms. The SMILES string of the molecule is CCc1nc(CCN2CC(CCl)CC2=O)cs1. The molecule has 1 aliphatic heterocycles. The summed E-state index contributed by atoms with van der Waals surface area (Å²) in [6.07, 6.45) is 2.46. The molecule has 0 bridgehead atoms. The Balaban J connectivity index is 1.84. The van der Waals surface area contributed by atoms with E-state index < -0.39 is 0 Å². The quantitative estimate of drug-likeness (QED) is 0.771. The molecule has 1 atom stereocenters. The van der Waals surface area contributed by atoms with E-state index in [9.17, 15) is 4.79 Å². The monoisotopic (exact) mass is 272 g/mol. The van der Waals surface area contributed by atoms with Gasteiger partial charge in [0.2, 0.25) is 5.91 Å². The van der Waals surface area contributed by atoms with Crippen LogP contribution in [0, 0.1) is 5.92 Å². The van der Waals surface area contributed by atoms with Crippen molar-refractivity contribution < 1.29 is 4.79 Å². The molecule has 1 saturated heterocycles. The smallest absolute Gasteiger partial charge is 0.222 e. The third-order valence-electron chi connectivity index (χ3n) is 3.05. The second kappa shape index (κ2) is 5.83. The second-order valence-corrected chi connectivity index (χ2v) is 5.65. The number of aromatic nitrogens is 1. The third kappa shape index (κ3) is 3.19. The number of hydrogen-bond donors (Lipinski definition) is 0. The van der Waals surface area contributed by atoms with Gasteiger partial charge in [-0.3, -0.25) is 4.79 Å². The fourth-order valence-corrected chi connectivity index (χ4v) is 3.04. The number of thiazole rings is 1. The average molecular weight is 273 g/mol. The molecule has 0 radical (unpaired) electrons. The lowest BCUT2D eigenvalue weighted by atomic mass is 10.1. The fourth-order valence-electron chi connectivity index (χ4n) is 2.05. The summed E-state index contributed by atoms with van der Waals surface area (Å²) < 4.78 is 0. The maximum atomic E-state index is 11.7. The Bertz CT molecular complexity index is 394. The van der Waals surface area contributed by atoms with E-state index >= 15 is 0 Å². The number of amides is 1. The molecular formula is C12H17ClN2OS. The summed E-state index contributed by atoms with van der Waals surface area (Å²) in [5.41, 5.74) is 1.11. The number of aryl methyl sites for hydroxylation is 1. The van der Waals surface area contributed by atoms with Gasteiger partial charge in [-0.05, 0) is 12.3 Å². The van der Waals surface area contributed by atoms with E-state index in [1.165, 1.54) is 5.01 Å². The zero-order chi connectivity index (χ0) is 12.3. The first kappa shape index (κ1) is 12.8. The van der Waals surface area contributed by atoms with Crippen LogP contribution in [0.2, 0.25) is 0 Å². The molecule has 3 nitrogen and oxygen atoms in total. The summed E-state index contributed by atoms with van der Waals surface area (Å²) in [5.74, 6) is 1.16. The lowest BCUT2D eigenvalue weighted by molar-refractivity contribution is -0.127. The maximum absolute atomic E-state index is 11.7. The van der Waals surface area contributed by atoms with Gasteiger partial charge in [-0.1, -0.05) is 6.92 Å². The van der Waals surface area contributed by atoms with Crippen molar-refractivity contribution in [2.24, 2.45) is 5.92 Å². The summed E-state index contributed by atoms with van der Waals surface area (Å²) in [6, 6.07) is 0. The van der Waals surface area contributed by atoms with E-state index in [0.29, 0.717) is 18.2 Å². The number of carbonyl (C=O) groups is 1. The first-order valence-electron chi connectivity index (χ1n) is 6.00. The van der Waals surface area contributed by atoms with Crippen molar-refractivity contribution in [2.75, 3.05) is 19.0 Å². The van der Waals surface area contributed by atoms with Crippen LogP contribution < -0.4 is 0 Å². The van der Waals surface area contributed by atoms with E-state index in [0.717, 1.165) is 31.6 Å². The number of carbonyl (C=O) groups excluding carboxylic acids is 1. The second-order valence-electron chi connectivity index (χ2n) is 4.40. The Kier molecular flexibility index (Phi) is 4.40. The molecule has 0 spiro atoms. The van der Waals surface area contributed by atoms with Gasteiger partial charge in [0, 0.05) is 37.2 Å². The van der Waals surface area contributed by atoms with Crippen LogP contribution >= 0.6 is 22.9 Å². The molecule has 2 rings (SSSR count). The Morgan fingerprint density at radius 2 is 2.47 bits per heavy atom. The van der Waals surface area contributed by atoms with Gasteiger partial charge in [0.15, 0.2) is 0 Å². The zero-order valence-corrected chi connectivity index (χ0v) is 11.6. The van der Waals surface area contributed by atoms with Crippen molar-refractivity contribution in [2.45, 2.75) is 26.2 Å². The Labute approximate surface area is 111 Å². The highest BCUT2D eigenvalue weighted by molar-refractivity contribution is 7.09. The van der Waals surface area contributed by atoms with Crippen LogP contribution in [0.25, 0.3) is 0 Å². The van der Waals surface area contributed by atoms with Crippen molar-refractivity contribution in [1.29, 1.82) is 0 Å². The van der Waals surface area contributed by atoms with Crippen LogP contribution in [0.5, 0.6) is 0 Å². The normalized spacial score (nSPS) is 20.2. The van der Waals surface area contributed by atoms with Gasteiger partial charge >= 0.3 is 0 Å². The molecule has 5 heteroatoms. The number of rotatable bonds is 5. The van der Waals surface area contributed by atoms with Gasteiger partial charge in [-0.2, -0.15) is 0 Å². The van der Waals surface area contributed by atoms with E-state index in [2.05, 4.69) is 17.3 Å². The van der Waals surface area contributed by atoms with Gasteiger partial charge < -0.3 is 4.90 Å². The predicted octanol–water partition coefficient (Wildman–Crippen LogP) is 2.34. The summed E-state index contributed by atoms with van der Waals surface area (Å²) in [7, 11) is 0. The molecule has 0 aliphatic carbocycles. The highest BCUT2D eigenvalue weighted by Gasteiger charge is 2.28. The standard InChI is InChI=1S/C12H17ClN2OS/c1-2-11-14-10(8-17-11)3-4-15-7-9(6-13)5-12(15)16/h8-9H,2-7H2,1H3. The minimum absolute atomic E-state index is 0.238. The molecule has 0 N–H and O–H groups in total. The highest BCUT2D eigenvalue weighted by atomic mass is 35.5. The van der Waals surface area contributed by atoms with Crippen LogP contribution in [-0.2, 0) is 17.6 Å². The molecule has 0 saturated carbocycles.